The molecule has 0 atom stereocenters. The molecular formula is C13H14BrN5O2. The number of hydrogen-bond acceptors (Lipinski definition) is 6. The van der Waals surface area contributed by atoms with E-state index in [0.717, 1.165) is 10.0 Å². The molecule has 0 aliphatic rings. The zero-order valence-corrected chi connectivity index (χ0v) is 13.1. The van der Waals surface area contributed by atoms with Gasteiger partial charge in [0.2, 0.25) is 11.8 Å². The molecule has 0 spiro atoms. The summed E-state index contributed by atoms with van der Waals surface area (Å²) in [7, 11) is 0. The van der Waals surface area contributed by atoms with E-state index in [4.69, 9.17) is 0 Å². The Hall–Kier alpha value is -2.22. The quantitative estimate of drug-likeness (QED) is 0.631. The number of nitrogens with one attached hydrogen (secondary N) is 2. The Morgan fingerprint density at radius 3 is 2.81 bits per heavy atom. The van der Waals surface area contributed by atoms with Gasteiger partial charge in [0.25, 0.3) is 0 Å². The van der Waals surface area contributed by atoms with Gasteiger partial charge in [0, 0.05) is 11.0 Å². The summed E-state index contributed by atoms with van der Waals surface area (Å²) in [5, 5.41) is 17.0. The van der Waals surface area contributed by atoms with Gasteiger partial charge in [0.15, 0.2) is 0 Å². The number of aromatic nitrogens is 2. The fraction of sp³-hybridized carbons (Fsp3) is 0.231. The van der Waals surface area contributed by atoms with E-state index >= 15 is 0 Å². The van der Waals surface area contributed by atoms with Crippen LogP contribution in [-0.4, -0.2) is 21.4 Å². The third-order valence-electron chi connectivity index (χ3n) is 2.68. The van der Waals surface area contributed by atoms with Crippen molar-refractivity contribution in [3.63, 3.8) is 0 Å². The number of benzene rings is 1. The number of aryl methyl sites for hydroxylation is 1. The summed E-state index contributed by atoms with van der Waals surface area (Å²) in [5.74, 6) is 0.490. The summed E-state index contributed by atoms with van der Waals surface area (Å²) in [6.07, 6.45) is 1.19. The minimum atomic E-state index is -0.514. The largest absolute Gasteiger partial charge is 0.354 e. The summed E-state index contributed by atoms with van der Waals surface area (Å²) in [4.78, 5) is 18.6. The molecule has 1 aromatic heterocycles. The second-order valence-electron chi connectivity index (χ2n) is 4.32. The van der Waals surface area contributed by atoms with E-state index < -0.39 is 4.92 Å². The van der Waals surface area contributed by atoms with Crippen molar-refractivity contribution in [1.29, 1.82) is 0 Å². The highest BCUT2D eigenvalue weighted by Crippen LogP contribution is 2.30. The molecule has 0 saturated carbocycles. The van der Waals surface area contributed by atoms with Crippen molar-refractivity contribution in [2.75, 3.05) is 17.2 Å². The van der Waals surface area contributed by atoms with Crippen molar-refractivity contribution in [1.82, 2.24) is 9.97 Å². The molecule has 2 N–H and O–H groups in total. The molecule has 1 heterocycles. The maximum Gasteiger partial charge on any atom is 0.329 e. The molecule has 0 saturated heterocycles. The van der Waals surface area contributed by atoms with Crippen LogP contribution in [0.15, 0.2) is 28.9 Å². The Kier molecular flexibility index (Phi) is 4.69. The molecule has 8 heteroatoms. The van der Waals surface area contributed by atoms with Gasteiger partial charge in [-0.15, -0.1) is 0 Å². The molecule has 0 fully saturated rings. The standard InChI is InChI=1S/C13H14BrN5O2/c1-3-15-13-16-7-11(19(20)21)12(18-13)17-10-5-4-8(2)6-9(10)14/h4-7H,3H2,1-2H3,(H2,15,16,17,18). The summed E-state index contributed by atoms with van der Waals surface area (Å²) in [6, 6.07) is 5.66. The maximum atomic E-state index is 11.1. The predicted octanol–water partition coefficient (Wildman–Crippen LogP) is 3.63. The summed E-state index contributed by atoms with van der Waals surface area (Å²) in [6.45, 7) is 4.49. The molecule has 0 amide bonds. The molecule has 0 bridgehead atoms. The van der Waals surface area contributed by atoms with Gasteiger partial charge in [-0.25, -0.2) is 4.98 Å². The molecule has 0 aliphatic carbocycles. The molecule has 21 heavy (non-hydrogen) atoms. The van der Waals surface area contributed by atoms with Crippen LogP contribution >= 0.6 is 15.9 Å². The van der Waals surface area contributed by atoms with E-state index in [9.17, 15) is 10.1 Å². The average molecular weight is 352 g/mol. The number of rotatable bonds is 5. The van der Waals surface area contributed by atoms with Gasteiger partial charge in [0.1, 0.15) is 6.20 Å². The third-order valence-corrected chi connectivity index (χ3v) is 3.33. The number of anilines is 3. The lowest BCUT2D eigenvalue weighted by atomic mass is 10.2. The van der Waals surface area contributed by atoms with Gasteiger partial charge in [0.05, 0.1) is 10.6 Å². The fourth-order valence-corrected chi connectivity index (χ4v) is 2.29. The highest BCUT2D eigenvalue weighted by atomic mass is 79.9. The van der Waals surface area contributed by atoms with Gasteiger partial charge in [-0.3, -0.25) is 10.1 Å². The molecule has 2 rings (SSSR count). The monoisotopic (exact) mass is 351 g/mol. The Labute approximate surface area is 130 Å². The van der Waals surface area contributed by atoms with Gasteiger partial charge in [-0.1, -0.05) is 6.07 Å². The smallest absolute Gasteiger partial charge is 0.329 e. The summed E-state index contributed by atoms with van der Waals surface area (Å²) in [5.41, 5.74) is 1.60. The molecule has 7 nitrogen and oxygen atoms in total. The molecule has 110 valence electrons. The van der Waals surface area contributed by atoms with Crippen molar-refractivity contribution in [3.05, 3.63) is 44.5 Å². The van der Waals surface area contributed by atoms with Crippen molar-refractivity contribution in [3.8, 4) is 0 Å². The van der Waals surface area contributed by atoms with Crippen LogP contribution in [0.1, 0.15) is 12.5 Å². The SMILES string of the molecule is CCNc1ncc([N+](=O)[O-])c(Nc2ccc(C)cc2Br)n1. The van der Waals surface area contributed by atoms with Crippen molar-refractivity contribution in [2.45, 2.75) is 13.8 Å². The predicted molar refractivity (Wildman–Crippen MR) is 85.0 cm³/mol. The first-order valence-corrected chi connectivity index (χ1v) is 7.09. The van der Waals surface area contributed by atoms with Crippen LogP contribution in [0.5, 0.6) is 0 Å². The van der Waals surface area contributed by atoms with E-state index in [1.807, 2.05) is 32.0 Å². The first kappa shape index (κ1) is 15.2. The second-order valence-corrected chi connectivity index (χ2v) is 5.18. The molecular weight excluding hydrogens is 338 g/mol. The number of hydrogen-bond donors (Lipinski definition) is 2. The van der Waals surface area contributed by atoms with Crippen LogP contribution < -0.4 is 10.6 Å². The lowest BCUT2D eigenvalue weighted by Crippen LogP contribution is -2.06. The first-order chi connectivity index (χ1) is 10.0. The Morgan fingerprint density at radius 1 is 1.43 bits per heavy atom. The second kappa shape index (κ2) is 6.49. The molecule has 1 aromatic carbocycles. The zero-order chi connectivity index (χ0) is 15.4. The summed E-state index contributed by atoms with van der Waals surface area (Å²) >= 11 is 3.42. The van der Waals surface area contributed by atoms with Gasteiger partial charge in [-0.05, 0) is 47.5 Å². The lowest BCUT2D eigenvalue weighted by molar-refractivity contribution is -0.384. The zero-order valence-electron chi connectivity index (χ0n) is 11.6. The van der Waals surface area contributed by atoms with Gasteiger partial charge < -0.3 is 10.6 Å². The van der Waals surface area contributed by atoms with E-state index in [1.54, 1.807) is 0 Å². The average Bonchev–Trinajstić information content (AvgIpc) is 2.42. The van der Waals surface area contributed by atoms with Crippen molar-refractivity contribution in [2.24, 2.45) is 0 Å². The number of nitrogens with zero attached hydrogens (tertiary/aromatic N) is 3. The molecule has 0 unspecified atom stereocenters. The topological polar surface area (TPSA) is 93.0 Å². The number of halogens is 1. The van der Waals surface area contributed by atoms with Crippen LogP contribution in [0.3, 0.4) is 0 Å². The van der Waals surface area contributed by atoms with Crippen molar-refractivity contribution >= 4 is 39.1 Å². The normalized spacial score (nSPS) is 10.2. The van der Waals surface area contributed by atoms with Crippen LogP contribution in [0.2, 0.25) is 0 Å². The molecule has 0 radical (unpaired) electrons. The highest BCUT2D eigenvalue weighted by molar-refractivity contribution is 9.10. The van der Waals surface area contributed by atoms with E-state index in [-0.39, 0.29) is 11.5 Å². The minimum Gasteiger partial charge on any atom is -0.354 e. The van der Waals surface area contributed by atoms with Crippen LogP contribution in [-0.2, 0) is 0 Å². The van der Waals surface area contributed by atoms with E-state index in [2.05, 4.69) is 36.5 Å². The highest BCUT2D eigenvalue weighted by Gasteiger charge is 2.18. The van der Waals surface area contributed by atoms with E-state index in [1.165, 1.54) is 6.20 Å². The minimum absolute atomic E-state index is 0.149. The Balaban J connectivity index is 2.40. The Bertz CT molecular complexity index is 678. The van der Waals surface area contributed by atoms with Gasteiger partial charge >= 0.3 is 5.69 Å². The number of nitro groups is 1. The van der Waals surface area contributed by atoms with Crippen molar-refractivity contribution < 1.29 is 4.92 Å². The third kappa shape index (κ3) is 3.66. The van der Waals surface area contributed by atoms with Crippen LogP contribution in [0.4, 0.5) is 23.1 Å². The lowest BCUT2D eigenvalue weighted by Gasteiger charge is -2.10. The van der Waals surface area contributed by atoms with E-state index in [0.29, 0.717) is 18.2 Å². The summed E-state index contributed by atoms with van der Waals surface area (Å²) < 4.78 is 0.806. The van der Waals surface area contributed by atoms with Gasteiger partial charge in [-0.2, -0.15) is 4.98 Å². The fourth-order valence-electron chi connectivity index (χ4n) is 1.69. The Morgan fingerprint density at radius 2 is 2.19 bits per heavy atom. The maximum absolute atomic E-state index is 11.1. The molecule has 0 aliphatic heterocycles. The van der Waals surface area contributed by atoms with Crippen LogP contribution in [0, 0.1) is 17.0 Å². The molecule has 2 aromatic rings. The first-order valence-electron chi connectivity index (χ1n) is 6.29. The van der Waals surface area contributed by atoms with Crippen LogP contribution in [0.25, 0.3) is 0 Å².